The van der Waals surface area contributed by atoms with E-state index in [2.05, 4.69) is 76.2 Å². The summed E-state index contributed by atoms with van der Waals surface area (Å²) in [5.41, 5.74) is 1.76. The molecular formula is C24H52O4Si2. The number of aliphatic hydroxyl groups excluding tert-OH is 1. The summed E-state index contributed by atoms with van der Waals surface area (Å²) in [6.45, 7) is 26.4. The van der Waals surface area contributed by atoms with E-state index in [9.17, 15) is 5.11 Å². The fraction of sp³-hybridized carbons (Fsp3) is 1.00. The Hall–Kier alpha value is 0.274. The van der Waals surface area contributed by atoms with Crippen LogP contribution in [0, 0.1) is 11.8 Å². The predicted octanol–water partition coefficient (Wildman–Crippen LogP) is 6.60. The van der Waals surface area contributed by atoms with E-state index in [0.29, 0.717) is 22.5 Å². The molecule has 0 radical (unpaired) electrons. The standard InChI is InChI=1S/C24H52O4Si2/c1-12-29(13-2,14-3)28-23(21(11)24-22(15-25)27-24)20(10)16-26-30(17(4)5,18(6)7)19(8)9/h17-25H,12-16H2,1-11H3/t20-,21-,22+,23-,24+/m1/s1. The first-order valence-electron chi connectivity index (χ1n) is 12.5. The molecule has 0 aromatic carbocycles. The van der Waals surface area contributed by atoms with Gasteiger partial charge in [0.25, 0.3) is 0 Å². The van der Waals surface area contributed by atoms with Crippen LogP contribution in [0.2, 0.25) is 34.8 Å². The topological polar surface area (TPSA) is 51.2 Å². The molecule has 1 N–H and O–H groups in total. The molecule has 0 unspecified atom stereocenters. The van der Waals surface area contributed by atoms with E-state index in [1.807, 2.05) is 0 Å². The molecule has 1 aliphatic heterocycles. The Balaban J connectivity index is 3.08. The molecule has 0 aliphatic carbocycles. The minimum absolute atomic E-state index is 0.0179. The monoisotopic (exact) mass is 460 g/mol. The van der Waals surface area contributed by atoms with E-state index in [-0.39, 0.29) is 30.8 Å². The second kappa shape index (κ2) is 11.9. The lowest BCUT2D eigenvalue weighted by molar-refractivity contribution is 0.0392. The maximum absolute atomic E-state index is 9.53. The lowest BCUT2D eigenvalue weighted by atomic mass is 9.90. The number of rotatable bonds is 15. The van der Waals surface area contributed by atoms with Crippen LogP contribution < -0.4 is 0 Å². The van der Waals surface area contributed by atoms with Gasteiger partial charge >= 0.3 is 0 Å². The first-order chi connectivity index (χ1) is 14.0. The van der Waals surface area contributed by atoms with Crippen LogP contribution in [-0.2, 0) is 13.6 Å². The Morgan fingerprint density at radius 1 is 0.833 bits per heavy atom. The Bertz CT molecular complexity index is 464. The van der Waals surface area contributed by atoms with Crippen molar-refractivity contribution in [3.63, 3.8) is 0 Å². The molecule has 180 valence electrons. The third-order valence-corrected chi connectivity index (χ3v) is 18.7. The van der Waals surface area contributed by atoms with Crippen LogP contribution in [0.15, 0.2) is 0 Å². The first-order valence-corrected chi connectivity index (χ1v) is 17.2. The van der Waals surface area contributed by atoms with Crippen molar-refractivity contribution < 1.29 is 18.7 Å². The largest absolute Gasteiger partial charge is 0.416 e. The second-order valence-electron chi connectivity index (χ2n) is 10.6. The van der Waals surface area contributed by atoms with Crippen LogP contribution in [-0.4, -0.2) is 53.3 Å². The van der Waals surface area contributed by atoms with Crippen molar-refractivity contribution in [3.05, 3.63) is 0 Å². The van der Waals surface area contributed by atoms with Crippen LogP contribution in [0.5, 0.6) is 0 Å². The number of hydrogen-bond donors (Lipinski definition) is 1. The highest BCUT2D eigenvalue weighted by Crippen LogP contribution is 2.43. The number of ether oxygens (including phenoxy) is 1. The number of hydrogen-bond acceptors (Lipinski definition) is 4. The molecule has 30 heavy (non-hydrogen) atoms. The quantitative estimate of drug-likeness (QED) is 0.221. The Labute approximate surface area is 189 Å². The van der Waals surface area contributed by atoms with Crippen LogP contribution in [0.3, 0.4) is 0 Å². The predicted molar refractivity (Wildman–Crippen MR) is 133 cm³/mol. The summed E-state index contributed by atoms with van der Waals surface area (Å²) in [5.74, 6) is 0.577. The highest BCUT2D eigenvalue weighted by molar-refractivity contribution is 6.77. The molecule has 0 aromatic rings. The average molecular weight is 461 g/mol. The summed E-state index contributed by atoms with van der Waals surface area (Å²) < 4.78 is 19.8. The molecule has 0 aromatic heterocycles. The fourth-order valence-electron chi connectivity index (χ4n) is 5.85. The van der Waals surface area contributed by atoms with Crippen molar-refractivity contribution in [2.24, 2.45) is 11.8 Å². The zero-order chi connectivity index (χ0) is 23.3. The van der Waals surface area contributed by atoms with Crippen LogP contribution in [0.1, 0.15) is 76.2 Å². The van der Waals surface area contributed by atoms with E-state index in [4.69, 9.17) is 13.6 Å². The van der Waals surface area contributed by atoms with E-state index in [1.165, 1.54) is 0 Å². The SMILES string of the molecule is CC[Si](CC)(CC)O[C@@H]([C@@H](C)[C@@H]1O[C@H]1CO)[C@H](C)CO[Si](C(C)C)(C(C)C)C(C)C. The van der Waals surface area contributed by atoms with Gasteiger partial charge in [0.15, 0.2) is 16.6 Å². The van der Waals surface area contributed by atoms with Crippen molar-refractivity contribution in [1.29, 1.82) is 0 Å². The molecule has 6 heteroatoms. The van der Waals surface area contributed by atoms with Crippen molar-refractivity contribution in [2.75, 3.05) is 13.2 Å². The van der Waals surface area contributed by atoms with Crippen LogP contribution in [0.4, 0.5) is 0 Å². The van der Waals surface area contributed by atoms with Gasteiger partial charge in [-0.3, -0.25) is 0 Å². The van der Waals surface area contributed by atoms with Crippen LogP contribution in [0.25, 0.3) is 0 Å². The maximum Gasteiger partial charge on any atom is 0.200 e. The zero-order valence-electron chi connectivity index (χ0n) is 21.8. The summed E-state index contributed by atoms with van der Waals surface area (Å²) in [6, 6.07) is 3.44. The molecule has 1 rings (SSSR count). The smallest absolute Gasteiger partial charge is 0.200 e. The minimum atomic E-state index is -1.90. The molecule has 1 aliphatic rings. The van der Waals surface area contributed by atoms with E-state index in [0.717, 1.165) is 24.7 Å². The summed E-state index contributed by atoms with van der Waals surface area (Å²) >= 11 is 0. The molecule has 0 bridgehead atoms. The van der Waals surface area contributed by atoms with Gasteiger partial charge in [0.1, 0.15) is 6.10 Å². The average Bonchev–Trinajstić information content (AvgIpc) is 3.48. The Morgan fingerprint density at radius 3 is 1.63 bits per heavy atom. The van der Waals surface area contributed by atoms with Crippen molar-refractivity contribution in [1.82, 2.24) is 0 Å². The van der Waals surface area contributed by atoms with Gasteiger partial charge in [-0.05, 0) is 34.8 Å². The van der Waals surface area contributed by atoms with Gasteiger partial charge in [-0.25, -0.2) is 0 Å². The molecular weight excluding hydrogens is 408 g/mol. The molecule has 0 spiro atoms. The van der Waals surface area contributed by atoms with E-state index in [1.54, 1.807) is 0 Å². The lowest BCUT2D eigenvalue weighted by Crippen LogP contribution is -2.51. The molecule has 5 atom stereocenters. The normalized spacial score (nSPS) is 23.3. The minimum Gasteiger partial charge on any atom is -0.416 e. The van der Waals surface area contributed by atoms with E-state index < -0.39 is 16.6 Å². The van der Waals surface area contributed by atoms with Gasteiger partial charge in [0, 0.05) is 18.4 Å². The third-order valence-electron chi connectivity index (χ3n) is 8.02. The van der Waals surface area contributed by atoms with Gasteiger partial charge in [-0.1, -0.05) is 76.2 Å². The van der Waals surface area contributed by atoms with Gasteiger partial charge in [0.05, 0.1) is 18.8 Å². The third kappa shape index (κ3) is 6.19. The summed E-state index contributed by atoms with van der Waals surface area (Å²) in [5, 5.41) is 9.53. The molecule has 0 saturated carbocycles. The summed E-state index contributed by atoms with van der Waals surface area (Å²) in [6.07, 6.45) is 0.217. The van der Waals surface area contributed by atoms with Crippen LogP contribution >= 0.6 is 0 Å². The summed E-state index contributed by atoms with van der Waals surface area (Å²) in [7, 11) is -3.66. The highest BCUT2D eigenvalue weighted by atomic mass is 28.4. The Morgan fingerprint density at radius 2 is 1.30 bits per heavy atom. The number of aliphatic hydroxyl groups is 1. The van der Waals surface area contributed by atoms with Crippen molar-refractivity contribution >= 4 is 16.6 Å². The maximum atomic E-state index is 9.53. The lowest BCUT2D eigenvalue weighted by Gasteiger charge is -2.44. The molecule has 4 nitrogen and oxygen atoms in total. The van der Waals surface area contributed by atoms with Gasteiger partial charge in [-0.2, -0.15) is 0 Å². The van der Waals surface area contributed by atoms with Gasteiger partial charge in [0.2, 0.25) is 0 Å². The fourth-order valence-corrected chi connectivity index (χ4v) is 14.4. The highest BCUT2D eigenvalue weighted by Gasteiger charge is 2.50. The second-order valence-corrected chi connectivity index (χ2v) is 20.8. The number of epoxide rings is 1. The van der Waals surface area contributed by atoms with Gasteiger partial charge in [-0.15, -0.1) is 0 Å². The van der Waals surface area contributed by atoms with E-state index >= 15 is 0 Å². The molecule has 1 fully saturated rings. The van der Waals surface area contributed by atoms with Gasteiger partial charge < -0.3 is 18.7 Å². The molecule has 0 amide bonds. The zero-order valence-corrected chi connectivity index (χ0v) is 23.8. The molecule has 1 saturated heterocycles. The molecule has 1 heterocycles. The Kier molecular flexibility index (Phi) is 11.3. The van der Waals surface area contributed by atoms with Crippen molar-refractivity contribution in [3.8, 4) is 0 Å². The summed E-state index contributed by atoms with van der Waals surface area (Å²) in [4.78, 5) is 0. The van der Waals surface area contributed by atoms with Crippen molar-refractivity contribution in [2.45, 2.75) is 129 Å². The first kappa shape index (κ1) is 28.3.